The molecule has 0 aromatic heterocycles. The third-order valence-electron chi connectivity index (χ3n) is 7.78. The van der Waals surface area contributed by atoms with Crippen LogP contribution >= 0.6 is 0 Å². The summed E-state index contributed by atoms with van der Waals surface area (Å²) in [6, 6.07) is 14.0. The summed E-state index contributed by atoms with van der Waals surface area (Å²) in [6.07, 6.45) is 2.06. The molecule has 0 atom stereocenters. The molecule has 38 heavy (non-hydrogen) atoms. The molecule has 2 aliphatic carbocycles. The second-order valence-electron chi connectivity index (χ2n) is 12.2. The van der Waals surface area contributed by atoms with E-state index in [1.54, 1.807) is 19.2 Å². The summed E-state index contributed by atoms with van der Waals surface area (Å²) in [5, 5.41) is 5.35. The van der Waals surface area contributed by atoms with E-state index in [-0.39, 0.29) is 27.3 Å². The smallest absolute Gasteiger partial charge is 0.238 e. The first-order valence-electron chi connectivity index (χ1n) is 12.8. The minimum absolute atomic E-state index is 0.0119. The number of methoxy groups -OCH3 is 1. The fourth-order valence-electron chi connectivity index (χ4n) is 6.19. The Balaban J connectivity index is 1.79. The summed E-state index contributed by atoms with van der Waals surface area (Å²) in [5.74, 6) is 0.314. The quantitative estimate of drug-likeness (QED) is 0.575. The molecule has 3 aliphatic rings. The largest absolute Gasteiger partial charge is 0.497 e. The Bertz CT molecular complexity index is 1440. The van der Waals surface area contributed by atoms with Crippen molar-refractivity contribution in [1.29, 1.82) is 0 Å². The lowest BCUT2D eigenvalue weighted by Gasteiger charge is -2.49. The average Bonchev–Trinajstić information content (AvgIpc) is 2.81. The van der Waals surface area contributed by atoms with Crippen LogP contribution in [0.4, 0.5) is 5.69 Å². The Morgan fingerprint density at radius 2 is 1.26 bits per heavy atom. The molecule has 0 unspecified atom stereocenters. The van der Waals surface area contributed by atoms with E-state index < -0.39 is 15.9 Å². The molecule has 200 valence electrons. The highest BCUT2D eigenvalue weighted by atomic mass is 32.2. The number of allylic oxidation sites excluding steroid dienone is 4. The van der Waals surface area contributed by atoms with Gasteiger partial charge in [0, 0.05) is 47.0 Å². The molecule has 2 N–H and O–H groups in total. The number of carbonyl (C=O) groups excluding carboxylic acids is 2. The van der Waals surface area contributed by atoms with Gasteiger partial charge in [-0.25, -0.2) is 13.6 Å². The van der Waals surface area contributed by atoms with Crippen molar-refractivity contribution < 1.29 is 22.7 Å². The van der Waals surface area contributed by atoms with Gasteiger partial charge in [0.05, 0.1) is 12.0 Å². The maximum absolute atomic E-state index is 13.9. The van der Waals surface area contributed by atoms with Gasteiger partial charge in [0.1, 0.15) is 5.75 Å². The lowest BCUT2D eigenvalue weighted by atomic mass is 9.63. The molecule has 2 aromatic rings. The topological polar surface area (TPSA) is 107 Å². The number of rotatable bonds is 4. The number of nitrogens with zero attached hydrogens (tertiary/aromatic N) is 1. The van der Waals surface area contributed by atoms with Crippen molar-refractivity contribution >= 4 is 27.3 Å². The fraction of sp³-hybridized carbons (Fsp3) is 0.400. The molecule has 7 nitrogen and oxygen atoms in total. The average molecular weight is 535 g/mol. The Hall–Kier alpha value is -3.23. The molecule has 1 aliphatic heterocycles. The molecule has 0 amide bonds. The third kappa shape index (κ3) is 4.60. The molecule has 0 saturated heterocycles. The van der Waals surface area contributed by atoms with Gasteiger partial charge in [-0.2, -0.15) is 0 Å². The Morgan fingerprint density at radius 3 is 1.68 bits per heavy atom. The maximum Gasteiger partial charge on any atom is 0.238 e. The second-order valence-corrected chi connectivity index (χ2v) is 13.7. The highest BCUT2D eigenvalue weighted by Gasteiger charge is 2.49. The molecular weight excluding hydrogens is 500 g/mol. The molecule has 8 heteroatoms. The van der Waals surface area contributed by atoms with Crippen LogP contribution in [0.5, 0.6) is 5.75 Å². The van der Waals surface area contributed by atoms with E-state index in [9.17, 15) is 18.0 Å². The van der Waals surface area contributed by atoms with E-state index in [0.29, 0.717) is 48.3 Å². The van der Waals surface area contributed by atoms with Crippen molar-refractivity contribution in [3.63, 3.8) is 0 Å². The Morgan fingerprint density at radius 1 is 0.789 bits per heavy atom. The predicted octanol–water partition coefficient (Wildman–Crippen LogP) is 5.23. The lowest BCUT2D eigenvalue weighted by molar-refractivity contribution is -0.119. The number of nitrogens with two attached hydrogens (primary N) is 1. The van der Waals surface area contributed by atoms with Crippen LogP contribution in [0.15, 0.2) is 76.0 Å². The van der Waals surface area contributed by atoms with E-state index in [2.05, 4.69) is 32.6 Å². The standard InChI is InChI=1S/C30H34N2O5S/c1-29(2)14-22-27(24(33)16-29)26(18-6-10-20(37-5)11-7-18)28-23(15-30(3,4)17-25(28)34)32(22)19-8-12-21(13-9-19)38(31,35)36/h6-13,26H,14-17H2,1-5H3,(H2,31,35,36). The van der Waals surface area contributed by atoms with E-state index in [1.807, 2.05) is 24.3 Å². The number of hydrogen-bond donors (Lipinski definition) is 1. The number of ether oxygens (including phenoxy) is 1. The summed E-state index contributed by atoms with van der Waals surface area (Å²) >= 11 is 0. The summed E-state index contributed by atoms with van der Waals surface area (Å²) in [7, 11) is -2.26. The number of anilines is 1. The van der Waals surface area contributed by atoms with Crippen LogP contribution < -0.4 is 14.8 Å². The first-order valence-corrected chi connectivity index (χ1v) is 14.3. The van der Waals surface area contributed by atoms with Gasteiger partial charge in [0.2, 0.25) is 10.0 Å². The van der Waals surface area contributed by atoms with Gasteiger partial charge in [0.25, 0.3) is 0 Å². The molecule has 0 radical (unpaired) electrons. The zero-order valence-electron chi connectivity index (χ0n) is 22.5. The van der Waals surface area contributed by atoms with Crippen LogP contribution in [0.1, 0.15) is 64.9 Å². The normalized spacial score (nSPS) is 21.4. The summed E-state index contributed by atoms with van der Waals surface area (Å²) in [4.78, 5) is 29.8. The van der Waals surface area contributed by atoms with Crippen LogP contribution in [0.25, 0.3) is 0 Å². The molecular formula is C30H34N2O5S. The van der Waals surface area contributed by atoms with Crippen molar-refractivity contribution in [2.45, 2.75) is 64.2 Å². The van der Waals surface area contributed by atoms with Gasteiger partial charge in [-0.05, 0) is 65.6 Å². The number of benzene rings is 2. The zero-order chi connectivity index (χ0) is 27.6. The maximum atomic E-state index is 13.9. The van der Waals surface area contributed by atoms with Crippen LogP contribution in [-0.2, 0) is 19.6 Å². The Kier molecular flexibility index (Phi) is 6.19. The number of hydrogen-bond acceptors (Lipinski definition) is 6. The minimum atomic E-state index is -3.86. The summed E-state index contributed by atoms with van der Waals surface area (Å²) < 4.78 is 29.2. The summed E-state index contributed by atoms with van der Waals surface area (Å²) in [6.45, 7) is 8.33. The van der Waals surface area contributed by atoms with Crippen molar-refractivity contribution in [1.82, 2.24) is 0 Å². The van der Waals surface area contributed by atoms with Gasteiger partial charge in [-0.15, -0.1) is 0 Å². The molecule has 1 heterocycles. The van der Waals surface area contributed by atoms with E-state index in [4.69, 9.17) is 9.88 Å². The monoisotopic (exact) mass is 534 g/mol. The SMILES string of the molecule is COc1ccc(C2C3=C(CC(C)(C)CC3=O)N(c3ccc(S(N)(=O)=O)cc3)C3=C2C(=O)CC(C)(C)C3)cc1. The van der Waals surface area contributed by atoms with Crippen LogP contribution in [-0.4, -0.2) is 27.1 Å². The van der Waals surface area contributed by atoms with E-state index in [0.717, 1.165) is 17.0 Å². The van der Waals surface area contributed by atoms with Gasteiger partial charge < -0.3 is 9.64 Å². The van der Waals surface area contributed by atoms with E-state index >= 15 is 0 Å². The second kappa shape index (κ2) is 8.92. The molecule has 0 saturated carbocycles. The van der Waals surface area contributed by atoms with Crippen LogP contribution in [0.2, 0.25) is 0 Å². The lowest BCUT2D eigenvalue weighted by Crippen LogP contribution is -2.44. The fourth-order valence-corrected chi connectivity index (χ4v) is 6.71. The number of Topliss-reactive ketones (excluding diaryl/α,β-unsaturated/α-hetero) is 2. The number of carbonyl (C=O) groups is 2. The highest BCUT2D eigenvalue weighted by Crippen LogP contribution is 2.55. The van der Waals surface area contributed by atoms with Crippen molar-refractivity contribution in [3.05, 3.63) is 76.6 Å². The highest BCUT2D eigenvalue weighted by molar-refractivity contribution is 7.89. The molecule has 5 rings (SSSR count). The van der Waals surface area contributed by atoms with Gasteiger partial charge in [-0.1, -0.05) is 39.8 Å². The minimum Gasteiger partial charge on any atom is -0.497 e. The molecule has 2 aromatic carbocycles. The molecule has 0 spiro atoms. The first kappa shape index (κ1) is 26.4. The molecule has 0 fully saturated rings. The van der Waals surface area contributed by atoms with Crippen LogP contribution in [0.3, 0.4) is 0 Å². The van der Waals surface area contributed by atoms with Crippen molar-refractivity contribution in [2.24, 2.45) is 16.0 Å². The number of primary sulfonamides is 1. The van der Waals surface area contributed by atoms with Gasteiger partial charge >= 0.3 is 0 Å². The van der Waals surface area contributed by atoms with Gasteiger partial charge in [-0.3, -0.25) is 9.59 Å². The third-order valence-corrected chi connectivity index (χ3v) is 8.71. The summed E-state index contributed by atoms with van der Waals surface area (Å²) in [5.41, 5.74) is 4.10. The number of sulfonamides is 1. The zero-order valence-corrected chi connectivity index (χ0v) is 23.3. The molecule has 0 bridgehead atoms. The van der Waals surface area contributed by atoms with Gasteiger partial charge in [0.15, 0.2) is 11.6 Å². The predicted molar refractivity (Wildman–Crippen MR) is 146 cm³/mol. The first-order chi connectivity index (χ1) is 17.7. The number of ketones is 2. The van der Waals surface area contributed by atoms with E-state index in [1.165, 1.54) is 12.1 Å². The van der Waals surface area contributed by atoms with Crippen molar-refractivity contribution in [2.75, 3.05) is 12.0 Å². The van der Waals surface area contributed by atoms with Crippen LogP contribution in [0, 0.1) is 10.8 Å². The van der Waals surface area contributed by atoms with Crippen molar-refractivity contribution in [3.8, 4) is 5.75 Å². The Labute approximate surface area is 224 Å².